The highest BCUT2D eigenvalue weighted by Crippen LogP contribution is 2.20. The van der Waals surface area contributed by atoms with Crippen LogP contribution in [0.15, 0.2) is 89.8 Å². The predicted molar refractivity (Wildman–Crippen MR) is 125 cm³/mol. The smallest absolute Gasteiger partial charge is 0.251 e. The lowest BCUT2D eigenvalue weighted by molar-refractivity contribution is 0.0936. The minimum atomic E-state index is -3.69. The van der Waals surface area contributed by atoms with Crippen LogP contribution in [0.1, 0.15) is 34.5 Å². The minimum Gasteiger partial charge on any atom is -0.383 e. The van der Waals surface area contributed by atoms with Crippen LogP contribution in [0.5, 0.6) is 0 Å². The third-order valence-electron chi connectivity index (χ3n) is 4.99. The molecular weight excluding hydrogens is 424 g/mol. The lowest BCUT2D eigenvalue weighted by atomic mass is 9.98. The first-order valence-electron chi connectivity index (χ1n) is 10.4. The largest absolute Gasteiger partial charge is 0.383 e. The van der Waals surface area contributed by atoms with Crippen molar-refractivity contribution in [1.29, 1.82) is 0 Å². The lowest BCUT2D eigenvalue weighted by Gasteiger charge is -2.20. The van der Waals surface area contributed by atoms with Gasteiger partial charge in [-0.2, -0.15) is 0 Å². The van der Waals surface area contributed by atoms with E-state index in [4.69, 9.17) is 4.74 Å². The van der Waals surface area contributed by atoms with Gasteiger partial charge in [0.15, 0.2) is 0 Å². The van der Waals surface area contributed by atoms with Crippen LogP contribution in [-0.4, -0.2) is 34.1 Å². The van der Waals surface area contributed by atoms with Gasteiger partial charge in [0, 0.05) is 18.7 Å². The van der Waals surface area contributed by atoms with Gasteiger partial charge in [0.2, 0.25) is 10.0 Å². The molecule has 168 valence electrons. The van der Waals surface area contributed by atoms with Gasteiger partial charge in [-0.05, 0) is 48.7 Å². The Labute approximate surface area is 189 Å². The summed E-state index contributed by atoms with van der Waals surface area (Å²) in [5.74, 6) is -0.264. The summed E-state index contributed by atoms with van der Waals surface area (Å²) in [7, 11) is -2.18. The third-order valence-corrected chi connectivity index (χ3v) is 6.60. The Balaban J connectivity index is 1.75. The molecule has 0 heterocycles. The predicted octanol–water partition coefficient (Wildman–Crippen LogP) is 3.71. The maximum Gasteiger partial charge on any atom is 0.251 e. The molecule has 0 unspecified atom stereocenters. The quantitative estimate of drug-likeness (QED) is 0.491. The van der Waals surface area contributed by atoms with Crippen LogP contribution in [0, 0.1) is 0 Å². The number of methoxy groups -OCH3 is 1. The van der Waals surface area contributed by atoms with Crippen LogP contribution in [-0.2, 0) is 21.2 Å². The van der Waals surface area contributed by atoms with Gasteiger partial charge in [-0.15, -0.1) is 0 Å². The van der Waals surface area contributed by atoms with E-state index < -0.39 is 10.0 Å². The molecule has 1 amide bonds. The molecule has 0 aromatic heterocycles. The van der Waals surface area contributed by atoms with Crippen molar-refractivity contribution in [2.45, 2.75) is 30.3 Å². The molecule has 6 nitrogen and oxygen atoms in total. The first-order valence-corrected chi connectivity index (χ1v) is 11.9. The molecule has 32 heavy (non-hydrogen) atoms. The molecule has 3 rings (SSSR count). The molecule has 0 saturated heterocycles. The van der Waals surface area contributed by atoms with E-state index in [1.807, 2.05) is 60.7 Å². The summed E-state index contributed by atoms with van der Waals surface area (Å²) in [4.78, 5) is 13.0. The maximum atomic E-state index is 12.9. The van der Waals surface area contributed by atoms with E-state index >= 15 is 0 Å². The Bertz CT molecular complexity index is 1100. The zero-order valence-electron chi connectivity index (χ0n) is 18.2. The van der Waals surface area contributed by atoms with Crippen molar-refractivity contribution in [3.63, 3.8) is 0 Å². The van der Waals surface area contributed by atoms with Crippen molar-refractivity contribution in [3.05, 3.63) is 102 Å². The number of nitrogens with one attached hydrogen (secondary N) is 2. The van der Waals surface area contributed by atoms with E-state index in [-0.39, 0.29) is 29.5 Å². The molecule has 2 N–H and O–H groups in total. The standard InChI is InChI=1S/C25H28N2O4S/c1-19(18-31-2)27-32(29,30)23-15-13-22(14-16-23)25(28)26-24(21-11-7-4-8-12-21)17-20-9-5-3-6-10-20/h3-16,19,24,27H,17-18H2,1-2H3,(H,26,28)/t19-,24-/m1/s1. The van der Waals surface area contributed by atoms with Crippen LogP contribution in [0.25, 0.3) is 0 Å². The number of hydrogen-bond acceptors (Lipinski definition) is 4. The Hall–Kier alpha value is -3.00. The van der Waals surface area contributed by atoms with Gasteiger partial charge in [0.25, 0.3) is 5.91 Å². The molecule has 0 fully saturated rings. The number of rotatable bonds is 10. The first kappa shape index (κ1) is 23.7. The molecular formula is C25H28N2O4S. The van der Waals surface area contributed by atoms with Gasteiger partial charge < -0.3 is 10.1 Å². The summed E-state index contributed by atoms with van der Waals surface area (Å²) in [5.41, 5.74) is 2.50. The number of benzene rings is 3. The molecule has 0 aliphatic carbocycles. The van der Waals surface area contributed by atoms with Gasteiger partial charge in [-0.1, -0.05) is 60.7 Å². The molecule has 7 heteroatoms. The summed E-state index contributed by atoms with van der Waals surface area (Å²) < 4.78 is 32.5. The summed E-state index contributed by atoms with van der Waals surface area (Å²) in [5, 5.41) is 3.08. The van der Waals surface area contributed by atoms with Crippen molar-refractivity contribution in [1.82, 2.24) is 10.0 Å². The van der Waals surface area contributed by atoms with Crippen molar-refractivity contribution in [2.24, 2.45) is 0 Å². The second-order valence-electron chi connectivity index (χ2n) is 7.63. The van der Waals surface area contributed by atoms with Gasteiger partial charge in [-0.3, -0.25) is 4.79 Å². The molecule has 0 aliphatic heterocycles. The van der Waals surface area contributed by atoms with Crippen molar-refractivity contribution in [3.8, 4) is 0 Å². The number of carbonyl (C=O) groups excluding carboxylic acids is 1. The molecule has 3 aromatic carbocycles. The van der Waals surface area contributed by atoms with Crippen molar-refractivity contribution in [2.75, 3.05) is 13.7 Å². The molecule has 0 bridgehead atoms. The fourth-order valence-corrected chi connectivity index (χ4v) is 4.66. The highest BCUT2D eigenvalue weighted by atomic mass is 32.2. The number of carbonyl (C=O) groups is 1. The average molecular weight is 453 g/mol. The third kappa shape index (κ3) is 6.50. The van der Waals surface area contributed by atoms with E-state index in [1.54, 1.807) is 6.92 Å². The second-order valence-corrected chi connectivity index (χ2v) is 9.34. The van der Waals surface area contributed by atoms with Crippen LogP contribution in [0.2, 0.25) is 0 Å². The molecule has 2 atom stereocenters. The topological polar surface area (TPSA) is 84.5 Å². The SMILES string of the molecule is COC[C@@H](C)NS(=O)(=O)c1ccc(C(=O)N[C@H](Cc2ccccc2)c2ccccc2)cc1. The average Bonchev–Trinajstić information content (AvgIpc) is 2.80. The lowest BCUT2D eigenvalue weighted by Crippen LogP contribution is -2.35. The fourth-order valence-electron chi connectivity index (χ4n) is 3.43. The number of sulfonamides is 1. The Kier molecular flexibility index (Phi) is 8.16. The number of ether oxygens (including phenoxy) is 1. The van der Waals surface area contributed by atoms with Crippen LogP contribution in [0.4, 0.5) is 0 Å². The summed E-state index contributed by atoms with van der Waals surface area (Å²) in [6.45, 7) is 1.99. The van der Waals surface area contributed by atoms with E-state index in [2.05, 4.69) is 10.0 Å². The van der Waals surface area contributed by atoms with Gasteiger partial charge in [0.05, 0.1) is 17.5 Å². The van der Waals surface area contributed by atoms with Crippen LogP contribution in [0.3, 0.4) is 0 Å². The number of amides is 1. The fraction of sp³-hybridized carbons (Fsp3) is 0.240. The van der Waals surface area contributed by atoms with Crippen LogP contribution >= 0.6 is 0 Å². The van der Waals surface area contributed by atoms with Gasteiger partial charge in [-0.25, -0.2) is 13.1 Å². The number of hydrogen-bond donors (Lipinski definition) is 2. The van der Waals surface area contributed by atoms with Gasteiger partial charge in [0.1, 0.15) is 0 Å². The Morgan fingerprint density at radius 2 is 1.50 bits per heavy atom. The van der Waals surface area contributed by atoms with E-state index in [9.17, 15) is 13.2 Å². The molecule has 0 aliphatic rings. The summed E-state index contributed by atoms with van der Waals surface area (Å²) in [6, 6.07) is 25.1. The van der Waals surface area contributed by atoms with E-state index in [0.29, 0.717) is 12.0 Å². The minimum absolute atomic E-state index is 0.0981. The summed E-state index contributed by atoms with van der Waals surface area (Å²) in [6.07, 6.45) is 0.643. The molecule has 0 saturated carbocycles. The highest BCUT2D eigenvalue weighted by Gasteiger charge is 2.20. The maximum absolute atomic E-state index is 12.9. The van der Waals surface area contributed by atoms with Crippen molar-refractivity contribution < 1.29 is 17.9 Å². The molecule has 3 aromatic rings. The van der Waals surface area contributed by atoms with E-state index in [1.165, 1.54) is 31.4 Å². The molecule has 0 spiro atoms. The summed E-state index contributed by atoms with van der Waals surface area (Å²) >= 11 is 0. The molecule has 0 radical (unpaired) electrons. The zero-order chi connectivity index (χ0) is 23.0. The first-order chi connectivity index (χ1) is 15.4. The highest BCUT2D eigenvalue weighted by molar-refractivity contribution is 7.89. The van der Waals surface area contributed by atoms with E-state index in [0.717, 1.165) is 11.1 Å². The van der Waals surface area contributed by atoms with Crippen LogP contribution < -0.4 is 10.0 Å². The zero-order valence-corrected chi connectivity index (χ0v) is 19.0. The Morgan fingerprint density at radius 1 is 0.906 bits per heavy atom. The second kappa shape index (κ2) is 11.0. The van der Waals surface area contributed by atoms with Gasteiger partial charge >= 0.3 is 0 Å². The van der Waals surface area contributed by atoms with Crippen molar-refractivity contribution >= 4 is 15.9 Å². The monoisotopic (exact) mass is 452 g/mol. The normalized spacial score (nSPS) is 13.3. The Morgan fingerprint density at radius 3 is 2.09 bits per heavy atom.